The molecule has 12 heavy (non-hydrogen) atoms. The van der Waals surface area contributed by atoms with Crippen LogP contribution >= 0.6 is 15.9 Å². The van der Waals surface area contributed by atoms with Gasteiger partial charge in [0.1, 0.15) is 0 Å². The minimum atomic E-state index is 0.168. The molecule has 0 amide bonds. The molecular formula is C10H14BrN. The van der Waals surface area contributed by atoms with E-state index in [1.165, 1.54) is 11.1 Å². The number of halogens is 1. The van der Waals surface area contributed by atoms with Gasteiger partial charge in [0.15, 0.2) is 0 Å². The minimum absolute atomic E-state index is 0.168. The quantitative estimate of drug-likeness (QED) is 0.826. The number of aryl methyl sites for hydroxylation is 1. The van der Waals surface area contributed by atoms with Crippen molar-refractivity contribution in [2.75, 3.05) is 0 Å². The molecule has 0 aliphatic heterocycles. The largest absolute Gasteiger partial charge is 0.324 e. The van der Waals surface area contributed by atoms with Crippen molar-refractivity contribution in [3.8, 4) is 0 Å². The standard InChI is InChI=1S/C10H14BrN/c1-3-10(12)8-5-4-7(2)9(11)6-8/h4-6,10H,3,12H2,1-2H3. The third-order valence-electron chi connectivity index (χ3n) is 2.06. The molecule has 0 aliphatic rings. The van der Waals surface area contributed by atoms with E-state index in [0.717, 1.165) is 10.9 Å². The van der Waals surface area contributed by atoms with Crippen LogP contribution in [0.4, 0.5) is 0 Å². The van der Waals surface area contributed by atoms with E-state index in [-0.39, 0.29) is 6.04 Å². The van der Waals surface area contributed by atoms with Crippen LogP contribution in [-0.4, -0.2) is 0 Å². The molecule has 0 saturated carbocycles. The van der Waals surface area contributed by atoms with Crippen LogP contribution in [0.3, 0.4) is 0 Å². The van der Waals surface area contributed by atoms with Crippen molar-refractivity contribution < 1.29 is 0 Å². The zero-order valence-electron chi connectivity index (χ0n) is 7.47. The number of nitrogens with two attached hydrogens (primary N) is 1. The predicted molar refractivity (Wildman–Crippen MR) is 56.1 cm³/mol. The zero-order valence-corrected chi connectivity index (χ0v) is 9.06. The van der Waals surface area contributed by atoms with Crippen molar-refractivity contribution in [1.29, 1.82) is 0 Å². The summed E-state index contributed by atoms with van der Waals surface area (Å²) < 4.78 is 1.14. The van der Waals surface area contributed by atoms with Gasteiger partial charge in [0.25, 0.3) is 0 Å². The van der Waals surface area contributed by atoms with Crippen molar-refractivity contribution >= 4 is 15.9 Å². The third-order valence-corrected chi connectivity index (χ3v) is 2.92. The first-order valence-corrected chi connectivity index (χ1v) is 4.96. The third kappa shape index (κ3) is 2.08. The monoisotopic (exact) mass is 227 g/mol. The maximum Gasteiger partial charge on any atom is 0.0292 e. The molecule has 0 heterocycles. The number of hydrogen-bond donors (Lipinski definition) is 1. The summed E-state index contributed by atoms with van der Waals surface area (Å²) in [4.78, 5) is 0. The summed E-state index contributed by atoms with van der Waals surface area (Å²) in [5.41, 5.74) is 8.35. The fourth-order valence-electron chi connectivity index (χ4n) is 1.08. The number of benzene rings is 1. The maximum atomic E-state index is 5.89. The number of hydrogen-bond acceptors (Lipinski definition) is 1. The van der Waals surface area contributed by atoms with E-state index in [0.29, 0.717) is 0 Å². The highest BCUT2D eigenvalue weighted by molar-refractivity contribution is 9.10. The van der Waals surface area contributed by atoms with Gasteiger partial charge >= 0.3 is 0 Å². The molecule has 1 atom stereocenters. The summed E-state index contributed by atoms with van der Waals surface area (Å²) in [6, 6.07) is 6.45. The first kappa shape index (κ1) is 9.75. The van der Waals surface area contributed by atoms with Crippen molar-refractivity contribution in [3.05, 3.63) is 33.8 Å². The van der Waals surface area contributed by atoms with Gasteiger partial charge in [-0.3, -0.25) is 0 Å². The second-order valence-electron chi connectivity index (χ2n) is 3.02. The van der Waals surface area contributed by atoms with Gasteiger partial charge < -0.3 is 5.73 Å². The van der Waals surface area contributed by atoms with Crippen LogP contribution in [0.25, 0.3) is 0 Å². The highest BCUT2D eigenvalue weighted by atomic mass is 79.9. The fourth-order valence-corrected chi connectivity index (χ4v) is 1.47. The van der Waals surface area contributed by atoms with Gasteiger partial charge in [-0.2, -0.15) is 0 Å². The van der Waals surface area contributed by atoms with Crippen molar-refractivity contribution in [2.24, 2.45) is 5.73 Å². The fraction of sp³-hybridized carbons (Fsp3) is 0.400. The van der Waals surface area contributed by atoms with E-state index in [9.17, 15) is 0 Å². The lowest BCUT2D eigenvalue weighted by molar-refractivity contribution is 0.698. The van der Waals surface area contributed by atoms with E-state index in [1.54, 1.807) is 0 Å². The Morgan fingerprint density at radius 1 is 1.50 bits per heavy atom. The van der Waals surface area contributed by atoms with E-state index >= 15 is 0 Å². The Labute approximate surface area is 82.1 Å². The Balaban J connectivity index is 2.96. The van der Waals surface area contributed by atoms with E-state index < -0.39 is 0 Å². The maximum absolute atomic E-state index is 5.89. The van der Waals surface area contributed by atoms with Gasteiger partial charge in [0.05, 0.1) is 0 Å². The summed E-state index contributed by atoms with van der Waals surface area (Å²) in [6.07, 6.45) is 0.982. The smallest absolute Gasteiger partial charge is 0.0292 e. The lowest BCUT2D eigenvalue weighted by atomic mass is 10.0. The molecule has 1 unspecified atom stereocenters. The van der Waals surface area contributed by atoms with Crippen LogP contribution in [0.2, 0.25) is 0 Å². The topological polar surface area (TPSA) is 26.0 Å². The molecule has 0 saturated heterocycles. The van der Waals surface area contributed by atoms with E-state index in [1.807, 2.05) is 0 Å². The second-order valence-corrected chi connectivity index (χ2v) is 3.88. The second kappa shape index (κ2) is 4.06. The molecule has 1 aromatic rings. The molecule has 66 valence electrons. The Kier molecular flexibility index (Phi) is 3.29. The van der Waals surface area contributed by atoms with Crippen LogP contribution in [0.5, 0.6) is 0 Å². The molecular weight excluding hydrogens is 214 g/mol. The van der Waals surface area contributed by atoms with Gasteiger partial charge in [0.2, 0.25) is 0 Å². The number of rotatable bonds is 2. The first-order valence-electron chi connectivity index (χ1n) is 4.16. The molecule has 0 bridgehead atoms. The normalized spacial score (nSPS) is 13.0. The molecule has 1 aromatic carbocycles. The highest BCUT2D eigenvalue weighted by Gasteiger charge is 2.03. The summed E-state index contributed by atoms with van der Waals surface area (Å²) >= 11 is 3.49. The molecule has 0 spiro atoms. The average Bonchev–Trinajstić information content (AvgIpc) is 2.08. The zero-order chi connectivity index (χ0) is 9.14. The van der Waals surface area contributed by atoms with Crippen molar-refractivity contribution in [2.45, 2.75) is 26.3 Å². The summed E-state index contributed by atoms with van der Waals surface area (Å²) in [7, 11) is 0. The lowest BCUT2D eigenvalue weighted by Crippen LogP contribution is -2.08. The summed E-state index contributed by atoms with van der Waals surface area (Å²) in [6.45, 7) is 4.17. The lowest BCUT2D eigenvalue weighted by Gasteiger charge is -2.10. The van der Waals surface area contributed by atoms with Crippen LogP contribution in [0.1, 0.15) is 30.5 Å². The van der Waals surface area contributed by atoms with E-state index in [4.69, 9.17) is 5.73 Å². The van der Waals surface area contributed by atoms with Gasteiger partial charge in [-0.25, -0.2) is 0 Å². The molecule has 1 nitrogen and oxygen atoms in total. The SMILES string of the molecule is CCC(N)c1ccc(C)c(Br)c1. The molecule has 0 aliphatic carbocycles. The van der Waals surface area contributed by atoms with Gasteiger partial charge in [-0.15, -0.1) is 0 Å². The average molecular weight is 228 g/mol. The molecule has 0 aromatic heterocycles. The molecule has 0 radical (unpaired) electrons. The summed E-state index contributed by atoms with van der Waals surface area (Å²) in [5.74, 6) is 0. The van der Waals surface area contributed by atoms with Crippen molar-refractivity contribution in [3.63, 3.8) is 0 Å². The first-order chi connectivity index (χ1) is 5.65. The van der Waals surface area contributed by atoms with Crippen LogP contribution < -0.4 is 5.73 Å². The van der Waals surface area contributed by atoms with E-state index in [2.05, 4.69) is 48.0 Å². The predicted octanol–water partition coefficient (Wildman–Crippen LogP) is 3.17. The van der Waals surface area contributed by atoms with Crippen molar-refractivity contribution in [1.82, 2.24) is 0 Å². The Bertz CT molecular complexity index is 271. The summed E-state index contributed by atoms with van der Waals surface area (Å²) in [5, 5.41) is 0. The molecule has 1 rings (SSSR count). The van der Waals surface area contributed by atoms with Gasteiger partial charge in [-0.1, -0.05) is 35.0 Å². The van der Waals surface area contributed by atoms with Gasteiger partial charge in [0, 0.05) is 10.5 Å². The Hall–Kier alpha value is -0.340. The Morgan fingerprint density at radius 3 is 2.67 bits per heavy atom. The molecule has 2 N–H and O–H groups in total. The van der Waals surface area contributed by atoms with Crippen LogP contribution in [0.15, 0.2) is 22.7 Å². The molecule has 2 heteroatoms. The molecule has 0 fully saturated rings. The Morgan fingerprint density at radius 2 is 2.17 bits per heavy atom. The van der Waals surface area contributed by atoms with Crippen LogP contribution in [0, 0.1) is 6.92 Å². The van der Waals surface area contributed by atoms with Gasteiger partial charge in [-0.05, 0) is 30.5 Å². The highest BCUT2D eigenvalue weighted by Crippen LogP contribution is 2.21. The minimum Gasteiger partial charge on any atom is -0.324 e. The van der Waals surface area contributed by atoms with Crippen LogP contribution in [-0.2, 0) is 0 Å².